The van der Waals surface area contributed by atoms with E-state index >= 15 is 0 Å². The van der Waals surface area contributed by atoms with E-state index in [2.05, 4.69) is 5.32 Å². The Morgan fingerprint density at radius 1 is 1.15 bits per heavy atom. The van der Waals surface area contributed by atoms with Crippen LogP contribution in [0.25, 0.3) is 0 Å². The van der Waals surface area contributed by atoms with Gasteiger partial charge in [-0.25, -0.2) is 0 Å². The Balaban J connectivity index is 0.00000243. The summed E-state index contributed by atoms with van der Waals surface area (Å²) in [5, 5.41) is 3.10. The minimum absolute atomic E-state index is 0. The van der Waals surface area contributed by atoms with Crippen molar-refractivity contribution in [3.8, 4) is 0 Å². The van der Waals surface area contributed by atoms with Crippen LogP contribution < -0.4 is 5.32 Å². The molecule has 3 rings (SSSR count). The summed E-state index contributed by atoms with van der Waals surface area (Å²) in [7, 11) is 0. The van der Waals surface area contributed by atoms with Gasteiger partial charge < -0.3 is 20.0 Å². The molecular weight excluding hydrogens is 356 g/mol. The third kappa shape index (κ3) is 4.49. The normalized spacial score (nSPS) is 26.7. The average Bonchev–Trinajstić information content (AvgIpc) is 3.11. The Labute approximate surface area is 161 Å². The predicted molar refractivity (Wildman–Crippen MR) is 101 cm³/mol. The fourth-order valence-electron chi connectivity index (χ4n) is 4.31. The van der Waals surface area contributed by atoms with Gasteiger partial charge in [-0.2, -0.15) is 0 Å². The van der Waals surface area contributed by atoms with E-state index in [1.807, 2.05) is 16.7 Å². The molecule has 0 spiro atoms. The summed E-state index contributed by atoms with van der Waals surface area (Å²) in [6, 6.07) is -0.176. The van der Waals surface area contributed by atoms with Crippen molar-refractivity contribution in [3.63, 3.8) is 0 Å². The Morgan fingerprint density at radius 2 is 1.92 bits per heavy atom. The van der Waals surface area contributed by atoms with Crippen LogP contribution in [0.5, 0.6) is 0 Å². The molecule has 3 heterocycles. The molecule has 3 fully saturated rings. The van der Waals surface area contributed by atoms with Gasteiger partial charge in [-0.15, -0.1) is 12.4 Å². The van der Waals surface area contributed by atoms with Crippen LogP contribution >= 0.6 is 12.4 Å². The molecule has 3 saturated heterocycles. The Kier molecular flexibility index (Phi) is 7.70. The topological polar surface area (TPSA) is 73.0 Å². The molecule has 0 aromatic heterocycles. The second-order valence-electron chi connectivity index (χ2n) is 7.34. The molecule has 0 radical (unpaired) electrons. The Hall–Kier alpha value is -1.34. The summed E-state index contributed by atoms with van der Waals surface area (Å²) >= 11 is 0. The summed E-state index contributed by atoms with van der Waals surface area (Å²) in [5.41, 5.74) is 0. The van der Waals surface area contributed by atoms with Gasteiger partial charge in [-0.1, -0.05) is 6.92 Å². The van der Waals surface area contributed by atoms with E-state index in [1.54, 1.807) is 4.90 Å². The predicted octanol–water partition coefficient (Wildman–Crippen LogP) is 0.622. The van der Waals surface area contributed by atoms with Crippen LogP contribution in [-0.2, 0) is 14.4 Å². The highest BCUT2D eigenvalue weighted by Crippen LogP contribution is 2.24. The molecular formula is C18H31ClN4O3. The quantitative estimate of drug-likeness (QED) is 0.768. The van der Waals surface area contributed by atoms with Gasteiger partial charge in [0.15, 0.2) is 0 Å². The number of carbonyl (C=O) groups is 3. The minimum atomic E-state index is -0.295. The van der Waals surface area contributed by atoms with E-state index in [0.717, 1.165) is 51.7 Å². The van der Waals surface area contributed by atoms with E-state index < -0.39 is 0 Å². The van der Waals surface area contributed by atoms with E-state index in [9.17, 15) is 14.4 Å². The smallest absolute Gasteiger partial charge is 0.245 e. The van der Waals surface area contributed by atoms with Crippen molar-refractivity contribution in [1.29, 1.82) is 0 Å². The minimum Gasteiger partial charge on any atom is -0.339 e. The molecule has 0 saturated carbocycles. The van der Waals surface area contributed by atoms with Crippen LogP contribution in [0.15, 0.2) is 0 Å². The molecule has 148 valence electrons. The van der Waals surface area contributed by atoms with E-state index in [0.29, 0.717) is 26.1 Å². The molecule has 2 atom stereocenters. The van der Waals surface area contributed by atoms with Gasteiger partial charge in [0.05, 0.1) is 6.54 Å². The number of hydrogen-bond acceptors (Lipinski definition) is 4. The first-order valence-corrected chi connectivity index (χ1v) is 9.70. The lowest BCUT2D eigenvalue weighted by Crippen LogP contribution is -2.59. The number of carbonyl (C=O) groups excluding carboxylic acids is 3. The highest BCUT2D eigenvalue weighted by atomic mass is 35.5. The lowest BCUT2D eigenvalue weighted by atomic mass is 10.0. The van der Waals surface area contributed by atoms with E-state index in [-0.39, 0.29) is 42.2 Å². The van der Waals surface area contributed by atoms with Gasteiger partial charge in [0.25, 0.3) is 0 Å². The maximum Gasteiger partial charge on any atom is 0.245 e. The number of likely N-dealkylation sites (tertiary alicyclic amines) is 2. The molecule has 3 aliphatic rings. The summed E-state index contributed by atoms with van der Waals surface area (Å²) in [4.78, 5) is 43.1. The van der Waals surface area contributed by atoms with Crippen LogP contribution in [0.4, 0.5) is 0 Å². The number of rotatable bonds is 4. The van der Waals surface area contributed by atoms with Crippen LogP contribution in [0.2, 0.25) is 0 Å². The number of piperazine rings is 1. The largest absolute Gasteiger partial charge is 0.339 e. The lowest BCUT2D eigenvalue weighted by molar-refractivity contribution is -0.146. The molecule has 0 bridgehead atoms. The summed E-state index contributed by atoms with van der Waals surface area (Å²) in [6.45, 7) is 5.96. The third-order valence-electron chi connectivity index (χ3n) is 5.60. The summed E-state index contributed by atoms with van der Waals surface area (Å²) in [6.07, 6.45) is 4.87. The second-order valence-corrected chi connectivity index (χ2v) is 7.34. The van der Waals surface area contributed by atoms with Crippen LogP contribution in [-0.4, -0.2) is 83.8 Å². The first kappa shape index (κ1) is 21.0. The molecule has 1 N–H and O–H groups in total. The van der Waals surface area contributed by atoms with E-state index in [1.165, 1.54) is 0 Å². The molecule has 0 aromatic carbocycles. The van der Waals surface area contributed by atoms with Crippen molar-refractivity contribution in [2.45, 2.75) is 57.5 Å². The number of nitrogens with zero attached hydrogens (tertiary/aromatic N) is 3. The first-order valence-electron chi connectivity index (χ1n) is 9.70. The van der Waals surface area contributed by atoms with Gasteiger partial charge in [0, 0.05) is 45.2 Å². The monoisotopic (exact) mass is 386 g/mol. The van der Waals surface area contributed by atoms with E-state index in [4.69, 9.17) is 0 Å². The molecule has 3 amide bonds. The number of hydrogen-bond donors (Lipinski definition) is 1. The van der Waals surface area contributed by atoms with Crippen LogP contribution in [0.3, 0.4) is 0 Å². The molecule has 3 aliphatic heterocycles. The maximum absolute atomic E-state index is 13.0. The van der Waals surface area contributed by atoms with Crippen LogP contribution in [0.1, 0.15) is 45.4 Å². The zero-order valence-corrected chi connectivity index (χ0v) is 16.4. The number of piperidine rings is 1. The van der Waals surface area contributed by atoms with Gasteiger partial charge in [-0.3, -0.25) is 14.4 Å². The second kappa shape index (κ2) is 9.55. The van der Waals surface area contributed by atoms with Gasteiger partial charge >= 0.3 is 0 Å². The van der Waals surface area contributed by atoms with Gasteiger partial charge in [-0.05, 0) is 32.1 Å². The standard InChI is InChI=1S/C18H30N4O3.ClH/c1-2-5-16(23)22-10-4-7-15(22)18(25)20-9-3-6-14(13-20)21-11-8-19-12-17(21)24;/h14-15,19H,2-13H2,1H3;1H. The Bertz CT molecular complexity index is 531. The zero-order valence-electron chi connectivity index (χ0n) is 15.6. The highest BCUT2D eigenvalue weighted by Gasteiger charge is 2.38. The summed E-state index contributed by atoms with van der Waals surface area (Å²) in [5.74, 6) is 0.310. The van der Waals surface area contributed by atoms with Crippen molar-refractivity contribution < 1.29 is 14.4 Å². The third-order valence-corrected chi connectivity index (χ3v) is 5.60. The highest BCUT2D eigenvalue weighted by molar-refractivity contribution is 5.88. The molecule has 8 heteroatoms. The Morgan fingerprint density at radius 3 is 2.65 bits per heavy atom. The molecule has 26 heavy (non-hydrogen) atoms. The first-order chi connectivity index (χ1) is 12.1. The summed E-state index contributed by atoms with van der Waals surface area (Å²) < 4.78 is 0. The zero-order chi connectivity index (χ0) is 17.8. The fraction of sp³-hybridized carbons (Fsp3) is 0.833. The van der Waals surface area contributed by atoms with Gasteiger partial charge in [0.1, 0.15) is 6.04 Å². The van der Waals surface area contributed by atoms with Crippen LogP contribution in [0, 0.1) is 0 Å². The van der Waals surface area contributed by atoms with Crippen molar-refractivity contribution in [1.82, 2.24) is 20.0 Å². The van der Waals surface area contributed by atoms with Crippen molar-refractivity contribution in [2.24, 2.45) is 0 Å². The van der Waals surface area contributed by atoms with Crippen molar-refractivity contribution in [3.05, 3.63) is 0 Å². The molecule has 0 aromatic rings. The molecule has 7 nitrogen and oxygen atoms in total. The number of amides is 3. The maximum atomic E-state index is 13.0. The number of halogens is 1. The average molecular weight is 387 g/mol. The van der Waals surface area contributed by atoms with Crippen molar-refractivity contribution in [2.75, 3.05) is 39.3 Å². The lowest BCUT2D eigenvalue weighted by Gasteiger charge is -2.42. The van der Waals surface area contributed by atoms with Crippen molar-refractivity contribution >= 4 is 30.1 Å². The SMILES string of the molecule is CCCC(=O)N1CCCC1C(=O)N1CCCC(N2CCNCC2=O)C1.Cl. The molecule has 2 unspecified atom stereocenters. The van der Waals surface area contributed by atoms with Gasteiger partial charge in [0.2, 0.25) is 17.7 Å². The fourth-order valence-corrected chi connectivity index (χ4v) is 4.31. The molecule has 0 aliphatic carbocycles. The number of nitrogens with one attached hydrogen (secondary N) is 1.